The largest absolute Gasteiger partial charge is 0.465 e. The topological polar surface area (TPSA) is 50.1 Å². The molecule has 0 aliphatic heterocycles. The van der Waals surface area contributed by atoms with Crippen molar-refractivity contribution in [2.45, 2.75) is 6.92 Å². The summed E-state index contributed by atoms with van der Waals surface area (Å²) in [6, 6.07) is 8.96. The Hall–Kier alpha value is -2.08. The van der Waals surface area contributed by atoms with Gasteiger partial charge in [0.05, 0.1) is 18.7 Å². The molecule has 0 radical (unpaired) electrons. The van der Waals surface area contributed by atoms with Gasteiger partial charge in [-0.2, -0.15) is 5.26 Å². The second-order valence-electron chi connectivity index (χ2n) is 3.06. The van der Waals surface area contributed by atoms with E-state index in [0.29, 0.717) is 11.1 Å². The predicted octanol–water partition coefficient (Wildman–Crippen LogP) is 2.40. The Morgan fingerprint density at radius 2 is 2.27 bits per heavy atom. The van der Waals surface area contributed by atoms with Crippen LogP contribution in [0.2, 0.25) is 0 Å². The Balaban J connectivity index is 3.04. The molecule has 0 spiro atoms. The first-order valence-corrected chi connectivity index (χ1v) is 4.44. The molecule has 0 N–H and O–H groups in total. The number of hydrogen-bond donors (Lipinski definition) is 0. The number of ether oxygens (including phenoxy) is 1. The van der Waals surface area contributed by atoms with Gasteiger partial charge in [-0.15, -0.1) is 0 Å². The van der Waals surface area contributed by atoms with Gasteiger partial charge in [-0.05, 0) is 30.7 Å². The number of hydrogen-bond acceptors (Lipinski definition) is 3. The standard InChI is InChI=1S/C12H11NO2/c1-9(8-13)6-10-4-3-5-11(7-10)12(14)15-2/h3-7H,1-2H3. The fourth-order valence-corrected chi connectivity index (χ4v) is 1.16. The molecule has 0 heterocycles. The van der Waals surface area contributed by atoms with Crippen LogP contribution < -0.4 is 0 Å². The van der Waals surface area contributed by atoms with E-state index >= 15 is 0 Å². The van der Waals surface area contributed by atoms with E-state index in [1.54, 1.807) is 31.2 Å². The zero-order chi connectivity index (χ0) is 11.3. The van der Waals surface area contributed by atoms with E-state index < -0.39 is 0 Å². The molecule has 0 amide bonds. The molecule has 76 valence electrons. The van der Waals surface area contributed by atoms with Crippen molar-refractivity contribution in [1.29, 1.82) is 5.26 Å². The van der Waals surface area contributed by atoms with E-state index in [1.165, 1.54) is 7.11 Å². The van der Waals surface area contributed by atoms with Gasteiger partial charge < -0.3 is 4.74 Å². The number of esters is 1. The number of methoxy groups -OCH3 is 1. The van der Waals surface area contributed by atoms with E-state index in [1.807, 2.05) is 12.1 Å². The van der Waals surface area contributed by atoms with Gasteiger partial charge in [0.1, 0.15) is 0 Å². The first-order chi connectivity index (χ1) is 7.17. The summed E-state index contributed by atoms with van der Waals surface area (Å²) >= 11 is 0. The van der Waals surface area contributed by atoms with Crippen LogP contribution in [0.3, 0.4) is 0 Å². The maximum Gasteiger partial charge on any atom is 0.337 e. The highest BCUT2D eigenvalue weighted by atomic mass is 16.5. The third-order valence-corrected chi connectivity index (χ3v) is 1.87. The Morgan fingerprint density at radius 3 is 2.87 bits per heavy atom. The van der Waals surface area contributed by atoms with Crippen LogP contribution in [0.15, 0.2) is 29.8 Å². The number of allylic oxidation sites excluding steroid dienone is 1. The normalized spacial score (nSPS) is 10.6. The van der Waals surface area contributed by atoms with Crippen molar-refractivity contribution in [2.24, 2.45) is 0 Å². The van der Waals surface area contributed by atoms with E-state index in [-0.39, 0.29) is 5.97 Å². The molecule has 0 aromatic heterocycles. The third kappa shape index (κ3) is 2.96. The number of nitriles is 1. The van der Waals surface area contributed by atoms with Gasteiger partial charge in [0.15, 0.2) is 0 Å². The second-order valence-corrected chi connectivity index (χ2v) is 3.06. The SMILES string of the molecule is COC(=O)c1cccc(C=C(C)C#N)c1. The van der Waals surface area contributed by atoms with Crippen molar-refractivity contribution in [2.75, 3.05) is 7.11 Å². The molecule has 0 saturated carbocycles. The van der Waals surface area contributed by atoms with Crippen LogP contribution in [0.1, 0.15) is 22.8 Å². The molecule has 0 atom stereocenters. The minimum Gasteiger partial charge on any atom is -0.465 e. The van der Waals surface area contributed by atoms with E-state index in [4.69, 9.17) is 5.26 Å². The van der Waals surface area contributed by atoms with Gasteiger partial charge in [-0.1, -0.05) is 12.1 Å². The maximum atomic E-state index is 11.2. The van der Waals surface area contributed by atoms with Crippen LogP contribution in [0.4, 0.5) is 0 Å². The zero-order valence-electron chi connectivity index (χ0n) is 8.65. The number of nitrogens with zero attached hydrogens (tertiary/aromatic N) is 1. The van der Waals surface area contributed by atoms with Crippen LogP contribution >= 0.6 is 0 Å². The number of rotatable bonds is 2. The van der Waals surface area contributed by atoms with Gasteiger partial charge in [-0.3, -0.25) is 0 Å². The van der Waals surface area contributed by atoms with Crippen molar-refractivity contribution in [3.63, 3.8) is 0 Å². The van der Waals surface area contributed by atoms with Crippen LogP contribution in [0.5, 0.6) is 0 Å². The minimum absolute atomic E-state index is 0.375. The molecule has 1 aromatic carbocycles. The van der Waals surface area contributed by atoms with Crippen molar-refractivity contribution in [3.8, 4) is 6.07 Å². The van der Waals surface area contributed by atoms with Crippen LogP contribution in [0, 0.1) is 11.3 Å². The van der Waals surface area contributed by atoms with Gasteiger partial charge in [-0.25, -0.2) is 4.79 Å². The van der Waals surface area contributed by atoms with Crippen molar-refractivity contribution >= 4 is 12.0 Å². The van der Waals surface area contributed by atoms with Crippen LogP contribution in [0.25, 0.3) is 6.08 Å². The average Bonchev–Trinajstić information content (AvgIpc) is 2.28. The summed E-state index contributed by atoms with van der Waals surface area (Å²) in [5.74, 6) is -0.375. The molecule has 0 bridgehead atoms. The molecule has 15 heavy (non-hydrogen) atoms. The molecule has 3 nitrogen and oxygen atoms in total. The van der Waals surface area contributed by atoms with Gasteiger partial charge in [0, 0.05) is 5.57 Å². The molecule has 0 aliphatic carbocycles. The Bertz CT molecular complexity index is 441. The maximum absolute atomic E-state index is 11.2. The minimum atomic E-state index is -0.375. The first-order valence-electron chi connectivity index (χ1n) is 4.44. The Kier molecular flexibility index (Phi) is 3.64. The van der Waals surface area contributed by atoms with Crippen molar-refractivity contribution in [1.82, 2.24) is 0 Å². The Morgan fingerprint density at radius 1 is 1.53 bits per heavy atom. The van der Waals surface area contributed by atoms with Crippen LogP contribution in [-0.4, -0.2) is 13.1 Å². The molecular weight excluding hydrogens is 190 g/mol. The smallest absolute Gasteiger partial charge is 0.337 e. The summed E-state index contributed by atoms with van der Waals surface area (Å²) in [6.07, 6.45) is 1.71. The highest BCUT2D eigenvalue weighted by Gasteiger charge is 2.04. The summed E-state index contributed by atoms with van der Waals surface area (Å²) in [5, 5.41) is 8.61. The summed E-state index contributed by atoms with van der Waals surface area (Å²) in [5.41, 5.74) is 1.89. The number of carbonyl (C=O) groups is 1. The molecule has 0 fully saturated rings. The number of carbonyl (C=O) groups excluding carboxylic acids is 1. The molecule has 1 rings (SSSR count). The van der Waals surface area contributed by atoms with Gasteiger partial charge in [0.2, 0.25) is 0 Å². The monoisotopic (exact) mass is 201 g/mol. The highest BCUT2D eigenvalue weighted by Crippen LogP contribution is 2.10. The lowest BCUT2D eigenvalue weighted by atomic mass is 10.1. The summed E-state index contributed by atoms with van der Waals surface area (Å²) in [6.45, 7) is 1.71. The summed E-state index contributed by atoms with van der Waals surface area (Å²) < 4.78 is 4.60. The van der Waals surface area contributed by atoms with E-state index in [2.05, 4.69) is 4.74 Å². The fourth-order valence-electron chi connectivity index (χ4n) is 1.16. The van der Waals surface area contributed by atoms with Gasteiger partial charge >= 0.3 is 5.97 Å². The summed E-state index contributed by atoms with van der Waals surface area (Å²) in [7, 11) is 1.34. The first kappa shape index (κ1) is 11.0. The quantitative estimate of drug-likeness (QED) is 0.545. The lowest BCUT2D eigenvalue weighted by molar-refractivity contribution is 0.0600. The molecule has 1 aromatic rings. The average molecular weight is 201 g/mol. The van der Waals surface area contributed by atoms with Crippen LogP contribution in [-0.2, 0) is 4.74 Å². The molecule has 0 unspecified atom stereocenters. The van der Waals surface area contributed by atoms with Gasteiger partial charge in [0.25, 0.3) is 0 Å². The molecule has 3 heteroatoms. The predicted molar refractivity (Wildman–Crippen MR) is 57.0 cm³/mol. The van der Waals surface area contributed by atoms with Crippen molar-refractivity contribution in [3.05, 3.63) is 41.0 Å². The van der Waals surface area contributed by atoms with Crippen molar-refractivity contribution < 1.29 is 9.53 Å². The molecular formula is C12H11NO2. The lowest BCUT2D eigenvalue weighted by Gasteiger charge is -2.00. The Labute approximate surface area is 88.6 Å². The molecule has 0 aliphatic rings. The van der Waals surface area contributed by atoms with E-state index in [9.17, 15) is 4.79 Å². The number of benzene rings is 1. The zero-order valence-corrected chi connectivity index (χ0v) is 8.65. The second kappa shape index (κ2) is 4.97. The lowest BCUT2D eigenvalue weighted by Crippen LogP contribution is -2.00. The highest BCUT2D eigenvalue weighted by molar-refractivity contribution is 5.90. The summed E-state index contributed by atoms with van der Waals surface area (Å²) in [4.78, 5) is 11.2. The fraction of sp³-hybridized carbons (Fsp3) is 0.167. The third-order valence-electron chi connectivity index (χ3n) is 1.87. The molecule has 0 saturated heterocycles. The van der Waals surface area contributed by atoms with E-state index in [0.717, 1.165) is 5.56 Å².